The minimum atomic E-state index is -0.318. The van der Waals surface area contributed by atoms with Gasteiger partial charge in [0.05, 0.1) is 17.7 Å². The van der Waals surface area contributed by atoms with Crippen LogP contribution in [0.25, 0.3) is 0 Å². The van der Waals surface area contributed by atoms with Gasteiger partial charge < -0.3 is 14.4 Å². The summed E-state index contributed by atoms with van der Waals surface area (Å²) in [6.45, 7) is 1.86. The van der Waals surface area contributed by atoms with Crippen molar-refractivity contribution in [3.8, 4) is 0 Å². The Morgan fingerprint density at radius 2 is 2.03 bits per heavy atom. The van der Waals surface area contributed by atoms with E-state index < -0.39 is 0 Å². The van der Waals surface area contributed by atoms with E-state index in [1.54, 1.807) is 6.92 Å². The number of aliphatic hydroxyl groups excluding tert-OH is 1. The zero-order valence-corrected chi connectivity index (χ0v) is 16.8. The molecule has 1 aromatic heterocycles. The number of carbonyl (C=O) groups is 2. The van der Waals surface area contributed by atoms with Crippen molar-refractivity contribution in [1.82, 2.24) is 4.90 Å². The summed E-state index contributed by atoms with van der Waals surface area (Å²) in [7, 11) is 0. The number of benzene rings is 1. The van der Waals surface area contributed by atoms with Crippen LogP contribution in [0.5, 0.6) is 0 Å². The first kappa shape index (κ1) is 18.6. The number of aryl methyl sites for hydroxylation is 2. The summed E-state index contributed by atoms with van der Waals surface area (Å²) >= 11 is 0. The molecule has 2 saturated heterocycles. The number of nitrogens with zero attached hydrogens (tertiary/aromatic N) is 1. The van der Waals surface area contributed by atoms with Crippen LogP contribution >= 0.6 is 0 Å². The van der Waals surface area contributed by atoms with Gasteiger partial charge in [-0.25, -0.2) is 0 Å². The Labute approximate surface area is 170 Å². The average Bonchev–Trinajstić information content (AvgIpc) is 3.38. The van der Waals surface area contributed by atoms with Crippen LogP contribution in [0.2, 0.25) is 0 Å². The lowest BCUT2D eigenvalue weighted by molar-refractivity contribution is 0.0567. The van der Waals surface area contributed by atoms with Gasteiger partial charge in [-0.2, -0.15) is 0 Å². The fraction of sp³-hybridized carbons (Fsp3) is 0.500. The van der Waals surface area contributed by atoms with Crippen LogP contribution in [-0.4, -0.2) is 40.4 Å². The summed E-state index contributed by atoms with van der Waals surface area (Å²) in [5.74, 6) is 1.17. The normalized spacial score (nSPS) is 28.1. The molecule has 1 aliphatic carbocycles. The van der Waals surface area contributed by atoms with Crippen molar-refractivity contribution < 1.29 is 19.1 Å². The summed E-state index contributed by atoms with van der Waals surface area (Å²) in [6, 6.07) is 10.3. The monoisotopic (exact) mass is 393 g/mol. The van der Waals surface area contributed by atoms with Gasteiger partial charge in [0, 0.05) is 30.3 Å². The molecule has 2 aliphatic heterocycles. The average molecular weight is 393 g/mol. The van der Waals surface area contributed by atoms with Gasteiger partial charge in [0.25, 0.3) is 5.91 Å². The third-order valence-electron chi connectivity index (χ3n) is 7.26. The van der Waals surface area contributed by atoms with Crippen molar-refractivity contribution in [2.24, 2.45) is 5.41 Å². The van der Waals surface area contributed by atoms with E-state index >= 15 is 0 Å². The quantitative estimate of drug-likeness (QED) is 0.860. The molecule has 0 radical (unpaired) electrons. The summed E-state index contributed by atoms with van der Waals surface area (Å²) in [5.41, 5.74) is 1.85. The van der Waals surface area contributed by atoms with Crippen molar-refractivity contribution in [2.45, 2.75) is 64.0 Å². The zero-order valence-electron chi connectivity index (χ0n) is 16.8. The highest BCUT2D eigenvalue weighted by atomic mass is 16.3. The fourth-order valence-corrected chi connectivity index (χ4v) is 6.01. The highest BCUT2D eigenvalue weighted by Crippen LogP contribution is 2.52. The minimum absolute atomic E-state index is 0.00570. The molecule has 0 spiro atoms. The van der Waals surface area contributed by atoms with E-state index in [0.717, 1.165) is 38.5 Å². The predicted molar refractivity (Wildman–Crippen MR) is 108 cm³/mol. The molecular formula is C24H27NO4. The maximum Gasteiger partial charge on any atom is 0.258 e. The van der Waals surface area contributed by atoms with E-state index in [1.165, 1.54) is 5.56 Å². The van der Waals surface area contributed by atoms with E-state index in [-0.39, 0.29) is 35.8 Å². The molecule has 29 heavy (non-hydrogen) atoms. The van der Waals surface area contributed by atoms with Crippen LogP contribution in [-0.2, 0) is 12.8 Å². The molecule has 3 aliphatic rings. The first-order valence-corrected chi connectivity index (χ1v) is 10.7. The third-order valence-corrected chi connectivity index (χ3v) is 7.26. The minimum Gasteiger partial charge on any atom is -0.465 e. The molecule has 5 nitrogen and oxygen atoms in total. The van der Waals surface area contributed by atoms with E-state index in [2.05, 4.69) is 12.1 Å². The van der Waals surface area contributed by atoms with Gasteiger partial charge in [0.1, 0.15) is 11.5 Å². The molecule has 5 heteroatoms. The van der Waals surface area contributed by atoms with Gasteiger partial charge in [-0.1, -0.05) is 30.3 Å². The standard InChI is InChI=1S/C24H27NO4/c1-15-21(22-18(27)8-5-9-19(22)29-15)23(28)25-17-10-11-20(25)24(13-17,14-26)12-16-6-3-2-4-7-16/h2-4,6-7,17,20,26H,5,8-14H2,1H3/t17-,20+,24-/m0/s1. The summed E-state index contributed by atoms with van der Waals surface area (Å²) < 4.78 is 5.84. The Hall–Kier alpha value is -2.40. The van der Waals surface area contributed by atoms with Gasteiger partial charge in [0.2, 0.25) is 0 Å². The molecule has 5 rings (SSSR count). The number of furan rings is 1. The number of ketones is 1. The number of aliphatic hydroxyl groups is 1. The van der Waals surface area contributed by atoms with Gasteiger partial charge in [-0.3, -0.25) is 9.59 Å². The van der Waals surface area contributed by atoms with Crippen molar-refractivity contribution in [3.63, 3.8) is 0 Å². The Morgan fingerprint density at radius 1 is 1.24 bits per heavy atom. The molecule has 0 saturated carbocycles. The Bertz CT molecular complexity index is 963. The Morgan fingerprint density at radius 3 is 2.79 bits per heavy atom. The Balaban J connectivity index is 1.49. The molecule has 3 heterocycles. The lowest BCUT2D eigenvalue weighted by Crippen LogP contribution is -2.44. The van der Waals surface area contributed by atoms with Crippen LogP contribution < -0.4 is 0 Å². The molecular weight excluding hydrogens is 366 g/mol. The maximum absolute atomic E-state index is 13.7. The highest BCUT2D eigenvalue weighted by Gasteiger charge is 2.57. The summed E-state index contributed by atoms with van der Waals surface area (Å²) in [6.07, 6.45) is 5.41. The Kier molecular flexibility index (Phi) is 4.39. The SMILES string of the molecule is Cc1oc2c(c1C(=O)N1[C@H]3CC[C@@H]1[C@@](CO)(Cc1ccccc1)C3)C(=O)CCC2. The molecule has 3 atom stereocenters. The van der Waals surface area contributed by atoms with Crippen molar-refractivity contribution in [3.05, 3.63) is 58.5 Å². The number of Topliss-reactive ketones (excluding diaryl/α,β-unsaturated/α-hetero) is 1. The second-order valence-corrected chi connectivity index (χ2v) is 8.95. The number of fused-ring (bicyclic) bond motifs is 3. The number of carbonyl (C=O) groups excluding carboxylic acids is 2. The van der Waals surface area contributed by atoms with Crippen LogP contribution in [0, 0.1) is 12.3 Å². The van der Waals surface area contributed by atoms with Gasteiger partial charge in [-0.15, -0.1) is 0 Å². The smallest absolute Gasteiger partial charge is 0.258 e. The maximum atomic E-state index is 13.7. The van der Waals surface area contributed by atoms with Crippen molar-refractivity contribution in [1.29, 1.82) is 0 Å². The predicted octanol–water partition coefficient (Wildman–Crippen LogP) is 3.71. The molecule has 2 bridgehead atoms. The van der Waals surface area contributed by atoms with E-state index in [0.29, 0.717) is 29.1 Å². The van der Waals surface area contributed by atoms with Crippen molar-refractivity contribution >= 4 is 11.7 Å². The second kappa shape index (κ2) is 6.84. The topological polar surface area (TPSA) is 70.8 Å². The first-order chi connectivity index (χ1) is 14.0. The van der Waals surface area contributed by atoms with Crippen molar-refractivity contribution in [2.75, 3.05) is 6.61 Å². The fourth-order valence-electron chi connectivity index (χ4n) is 6.01. The molecule has 0 unspecified atom stereocenters. The third kappa shape index (κ3) is 2.78. The molecule has 1 amide bonds. The second-order valence-electron chi connectivity index (χ2n) is 8.95. The van der Waals surface area contributed by atoms with Gasteiger partial charge in [-0.05, 0) is 44.6 Å². The van der Waals surface area contributed by atoms with E-state index in [9.17, 15) is 14.7 Å². The lowest BCUT2D eigenvalue weighted by atomic mass is 9.70. The van der Waals surface area contributed by atoms with Crippen LogP contribution in [0.15, 0.2) is 34.7 Å². The number of amides is 1. The van der Waals surface area contributed by atoms with E-state index in [4.69, 9.17) is 4.42 Å². The molecule has 2 fully saturated rings. The molecule has 1 aromatic carbocycles. The summed E-state index contributed by atoms with van der Waals surface area (Å²) in [4.78, 5) is 28.2. The molecule has 2 aromatic rings. The molecule has 152 valence electrons. The lowest BCUT2D eigenvalue weighted by Gasteiger charge is -2.36. The first-order valence-electron chi connectivity index (χ1n) is 10.7. The van der Waals surface area contributed by atoms with Gasteiger partial charge in [0.15, 0.2) is 5.78 Å². The highest BCUT2D eigenvalue weighted by molar-refractivity contribution is 6.10. The van der Waals surface area contributed by atoms with Crippen LogP contribution in [0.3, 0.4) is 0 Å². The largest absolute Gasteiger partial charge is 0.465 e. The van der Waals surface area contributed by atoms with Crippen LogP contribution in [0.1, 0.15) is 69.9 Å². The van der Waals surface area contributed by atoms with E-state index in [1.807, 2.05) is 23.1 Å². The zero-order chi connectivity index (χ0) is 20.2. The number of rotatable bonds is 4. The van der Waals surface area contributed by atoms with Gasteiger partial charge >= 0.3 is 0 Å². The molecule has 1 N–H and O–H groups in total. The summed E-state index contributed by atoms with van der Waals surface area (Å²) in [5, 5.41) is 10.4. The van der Waals surface area contributed by atoms with Crippen LogP contribution in [0.4, 0.5) is 0 Å². The number of hydrogen-bond acceptors (Lipinski definition) is 4. The number of hydrogen-bond donors (Lipinski definition) is 1.